The van der Waals surface area contributed by atoms with Gasteiger partial charge in [0.05, 0.1) is 24.1 Å². The Kier molecular flexibility index (Phi) is 8.52. The van der Waals surface area contributed by atoms with Gasteiger partial charge in [-0.3, -0.25) is 14.5 Å². The predicted octanol–water partition coefficient (Wildman–Crippen LogP) is 6.38. The van der Waals surface area contributed by atoms with Gasteiger partial charge in [0.1, 0.15) is 18.3 Å². The summed E-state index contributed by atoms with van der Waals surface area (Å²) < 4.78 is 16.9. The van der Waals surface area contributed by atoms with Crippen molar-refractivity contribution in [2.24, 2.45) is 5.92 Å². The van der Waals surface area contributed by atoms with E-state index in [2.05, 4.69) is 0 Å². The average molecular weight is 585 g/mol. The maximum atomic E-state index is 14.3. The van der Waals surface area contributed by atoms with Gasteiger partial charge in [0.2, 0.25) is 5.91 Å². The normalized spacial score (nSPS) is 20.3. The molecule has 43 heavy (non-hydrogen) atoms. The van der Waals surface area contributed by atoms with Crippen molar-refractivity contribution >= 4 is 29.8 Å². The maximum absolute atomic E-state index is 14.3. The third-order valence-corrected chi connectivity index (χ3v) is 7.68. The number of cyclic esters (lactones) is 1. The number of nitrogens with zero attached hydrogens (tertiary/aromatic N) is 2. The van der Waals surface area contributed by atoms with E-state index in [1.807, 2.05) is 72.8 Å². The topological polar surface area (TPSA) is 102 Å². The second-order valence-corrected chi connectivity index (χ2v) is 11.9. The Balaban J connectivity index is 1.44. The molecule has 0 aliphatic carbocycles. The van der Waals surface area contributed by atoms with Crippen LogP contribution in [0.1, 0.15) is 62.8 Å². The number of hydrogen-bond acceptors (Lipinski definition) is 7. The van der Waals surface area contributed by atoms with Crippen molar-refractivity contribution in [1.29, 1.82) is 0 Å². The standard InChI is InChI=1S/C34H36N2O7/c1-22-30(24-15-9-6-10-16-24)42-33(40)36(22)31(38)26(19-29(37)43-34(2,3)4)27-20-35(28-18-12-11-17-25(27)28)32(39)41-21-23-13-7-5-8-14-23/h5-18,22,26-27,30H,19-21H2,1-4H3/t22-,26-,27?,30-/m0/s1. The Morgan fingerprint density at radius 1 is 0.930 bits per heavy atom. The minimum atomic E-state index is -1.01. The summed E-state index contributed by atoms with van der Waals surface area (Å²) in [5, 5.41) is 0. The summed E-state index contributed by atoms with van der Waals surface area (Å²) >= 11 is 0. The van der Waals surface area contributed by atoms with Gasteiger partial charge < -0.3 is 14.2 Å². The Bertz CT molecular complexity index is 1490. The molecule has 1 unspecified atom stereocenters. The van der Waals surface area contributed by atoms with Crippen molar-refractivity contribution in [3.8, 4) is 0 Å². The van der Waals surface area contributed by atoms with Crippen molar-refractivity contribution in [3.05, 3.63) is 102 Å². The number of benzene rings is 3. The van der Waals surface area contributed by atoms with Crippen LogP contribution in [0, 0.1) is 5.92 Å². The van der Waals surface area contributed by atoms with Crippen LogP contribution in [0.3, 0.4) is 0 Å². The summed E-state index contributed by atoms with van der Waals surface area (Å²) in [6.07, 6.45) is -2.28. The van der Waals surface area contributed by atoms with Gasteiger partial charge in [0.15, 0.2) is 0 Å². The molecule has 3 amide bonds. The summed E-state index contributed by atoms with van der Waals surface area (Å²) in [6.45, 7) is 7.18. The van der Waals surface area contributed by atoms with Gasteiger partial charge in [-0.15, -0.1) is 0 Å². The molecule has 3 aromatic rings. The number of carbonyl (C=O) groups excluding carboxylic acids is 4. The fraction of sp³-hybridized carbons (Fsp3) is 0.353. The van der Waals surface area contributed by atoms with Crippen LogP contribution in [-0.2, 0) is 30.4 Å². The molecule has 0 spiro atoms. The number of rotatable bonds is 7. The van der Waals surface area contributed by atoms with Crippen LogP contribution in [0.4, 0.5) is 15.3 Å². The van der Waals surface area contributed by atoms with Crippen LogP contribution in [0.5, 0.6) is 0 Å². The highest BCUT2D eigenvalue weighted by Gasteiger charge is 2.49. The van der Waals surface area contributed by atoms with Crippen LogP contribution in [0.25, 0.3) is 0 Å². The first-order valence-electron chi connectivity index (χ1n) is 14.4. The van der Waals surface area contributed by atoms with Crippen LogP contribution < -0.4 is 4.90 Å². The van der Waals surface area contributed by atoms with E-state index in [4.69, 9.17) is 14.2 Å². The second kappa shape index (κ2) is 12.3. The Morgan fingerprint density at radius 3 is 2.23 bits per heavy atom. The Labute approximate surface area is 251 Å². The average Bonchev–Trinajstić information content (AvgIpc) is 3.51. The molecule has 224 valence electrons. The number of ether oxygens (including phenoxy) is 3. The lowest BCUT2D eigenvalue weighted by molar-refractivity contribution is -0.158. The zero-order valence-corrected chi connectivity index (χ0v) is 24.8. The number of amides is 3. The summed E-state index contributed by atoms with van der Waals surface area (Å²) in [5.41, 5.74) is 2.13. The lowest BCUT2D eigenvalue weighted by atomic mass is 9.83. The van der Waals surface area contributed by atoms with Crippen LogP contribution in [0.2, 0.25) is 0 Å². The first kappa shape index (κ1) is 29.8. The zero-order valence-electron chi connectivity index (χ0n) is 24.8. The number of esters is 1. The van der Waals surface area contributed by atoms with Crippen molar-refractivity contribution < 1.29 is 33.4 Å². The highest BCUT2D eigenvalue weighted by Crippen LogP contribution is 2.44. The second-order valence-electron chi connectivity index (χ2n) is 11.9. The summed E-state index contributed by atoms with van der Waals surface area (Å²) in [6, 6.07) is 25.2. The van der Waals surface area contributed by atoms with E-state index in [1.165, 1.54) is 4.90 Å². The van der Waals surface area contributed by atoms with E-state index >= 15 is 0 Å². The van der Waals surface area contributed by atoms with Gasteiger partial charge in [0, 0.05) is 12.5 Å². The molecule has 1 saturated heterocycles. The van der Waals surface area contributed by atoms with Gasteiger partial charge in [-0.2, -0.15) is 0 Å². The highest BCUT2D eigenvalue weighted by atomic mass is 16.6. The monoisotopic (exact) mass is 584 g/mol. The number of hydrogen-bond donors (Lipinski definition) is 0. The smallest absolute Gasteiger partial charge is 0.417 e. The quantitative estimate of drug-likeness (QED) is 0.234. The molecule has 4 atom stereocenters. The van der Waals surface area contributed by atoms with Crippen LogP contribution in [-0.4, -0.2) is 47.2 Å². The number of imide groups is 1. The Morgan fingerprint density at radius 2 is 1.56 bits per heavy atom. The molecular formula is C34H36N2O7. The first-order valence-corrected chi connectivity index (χ1v) is 14.4. The molecule has 0 bridgehead atoms. The summed E-state index contributed by atoms with van der Waals surface area (Å²) in [5.74, 6) is -2.74. The molecule has 9 nitrogen and oxygen atoms in total. The highest BCUT2D eigenvalue weighted by molar-refractivity contribution is 5.98. The SMILES string of the molecule is C[C@H]1[C@@H](c2ccccc2)OC(=O)N1C(=O)[C@@H](CC(=O)OC(C)(C)C)C1CN(C(=O)OCc2ccccc2)c2ccccc21. The molecule has 0 radical (unpaired) electrons. The van der Waals surface area contributed by atoms with Gasteiger partial charge in [-0.25, -0.2) is 14.5 Å². The Hall–Kier alpha value is -4.66. The first-order chi connectivity index (χ1) is 20.5. The third-order valence-electron chi connectivity index (χ3n) is 7.68. The largest absolute Gasteiger partial charge is 0.460 e. The number of anilines is 1. The number of carbonyl (C=O) groups is 4. The number of fused-ring (bicyclic) bond motifs is 1. The molecule has 2 aliphatic heterocycles. The lowest BCUT2D eigenvalue weighted by Gasteiger charge is -2.29. The number of para-hydroxylation sites is 1. The van der Waals surface area contributed by atoms with Crippen molar-refractivity contribution in [2.45, 2.75) is 64.4 Å². The molecule has 1 fully saturated rings. The molecule has 0 N–H and O–H groups in total. The van der Waals surface area contributed by atoms with E-state index in [0.29, 0.717) is 11.3 Å². The molecule has 0 saturated carbocycles. The zero-order chi connectivity index (χ0) is 30.7. The van der Waals surface area contributed by atoms with E-state index in [9.17, 15) is 19.2 Å². The minimum absolute atomic E-state index is 0.0846. The van der Waals surface area contributed by atoms with E-state index < -0.39 is 53.6 Å². The molecule has 0 aromatic heterocycles. The molecule has 2 heterocycles. The van der Waals surface area contributed by atoms with Gasteiger partial charge in [0.25, 0.3) is 0 Å². The van der Waals surface area contributed by atoms with Crippen LogP contribution >= 0.6 is 0 Å². The predicted molar refractivity (Wildman–Crippen MR) is 159 cm³/mol. The van der Waals surface area contributed by atoms with E-state index in [0.717, 1.165) is 16.0 Å². The molecule has 5 rings (SSSR count). The van der Waals surface area contributed by atoms with Gasteiger partial charge in [-0.1, -0.05) is 78.9 Å². The fourth-order valence-electron chi connectivity index (χ4n) is 5.74. The van der Waals surface area contributed by atoms with Gasteiger partial charge >= 0.3 is 18.2 Å². The lowest BCUT2D eigenvalue weighted by Crippen LogP contribution is -2.45. The molecular weight excluding hydrogens is 548 g/mol. The molecule has 2 aliphatic rings. The maximum Gasteiger partial charge on any atom is 0.417 e. The fourth-order valence-corrected chi connectivity index (χ4v) is 5.74. The van der Waals surface area contributed by atoms with Crippen molar-refractivity contribution in [1.82, 2.24) is 4.90 Å². The minimum Gasteiger partial charge on any atom is -0.460 e. The van der Waals surface area contributed by atoms with Crippen LogP contribution in [0.15, 0.2) is 84.9 Å². The molecule has 9 heteroatoms. The van der Waals surface area contributed by atoms with Crippen molar-refractivity contribution in [2.75, 3.05) is 11.4 Å². The van der Waals surface area contributed by atoms with Gasteiger partial charge in [-0.05, 0) is 50.5 Å². The third kappa shape index (κ3) is 6.56. The molecule has 3 aromatic carbocycles. The van der Waals surface area contributed by atoms with E-state index in [1.54, 1.807) is 39.8 Å². The summed E-state index contributed by atoms with van der Waals surface area (Å²) in [7, 11) is 0. The van der Waals surface area contributed by atoms with Crippen molar-refractivity contribution in [3.63, 3.8) is 0 Å². The van der Waals surface area contributed by atoms with E-state index in [-0.39, 0.29) is 19.6 Å². The summed E-state index contributed by atoms with van der Waals surface area (Å²) in [4.78, 5) is 56.6.